The molecule has 0 amide bonds. The second kappa shape index (κ2) is 4.29. The SMILES string of the molecule is NC1C2CN3CCN(C2)CC1(c1cccc(Br)c1)C3. The van der Waals surface area contributed by atoms with Crippen molar-refractivity contribution in [3.8, 4) is 0 Å². The molecule has 4 heteroatoms. The summed E-state index contributed by atoms with van der Waals surface area (Å²) in [6, 6.07) is 9.08. The topological polar surface area (TPSA) is 32.5 Å². The first-order valence-corrected chi connectivity index (χ1v) is 7.93. The van der Waals surface area contributed by atoms with Gasteiger partial charge >= 0.3 is 0 Å². The molecular weight excluding hydrogens is 302 g/mol. The fourth-order valence-electron chi connectivity index (χ4n) is 4.38. The summed E-state index contributed by atoms with van der Waals surface area (Å²) in [5.74, 6) is 0.629. The number of hydrogen-bond donors (Lipinski definition) is 1. The highest BCUT2D eigenvalue weighted by molar-refractivity contribution is 9.10. The average molecular weight is 322 g/mol. The van der Waals surface area contributed by atoms with Crippen molar-refractivity contribution in [2.75, 3.05) is 39.3 Å². The van der Waals surface area contributed by atoms with E-state index in [4.69, 9.17) is 5.73 Å². The van der Waals surface area contributed by atoms with Gasteiger partial charge in [-0.05, 0) is 17.7 Å². The number of rotatable bonds is 1. The molecular formula is C15H20BrN3. The Morgan fingerprint density at radius 2 is 1.84 bits per heavy atom. The number of nitrogens with two attached hydrogens (primary N) is 1. The molecule has 0 spiro atoms. The van der Waals surface area contributed by atoms with Crippen LogP contribution < -0.4 is 5.73 Å². The second-order valence-corrected chi connectivity index (χ2v) is 7.34. The standard InChI is InChI=1S/C15H20BrN3/c16-13-3-1-2-12(6-13)15-9-18-4-5-19(10-15)8-11(7-18)14(15)17/h1-3,6,11,14H,4-5,7-10,17H2. The van der Waals surface area contributed by atoms with Crippen LogP contribution in [0.25, 0.3) is 0 Å². The number of nitrogens with zero attached hydrogens (tertiary/aromatic N) is 2. The summed E-state index contributed by atoms with van der Waals surface area (Å²) in [5, 5.41) is 0. The van der Waals surface area contributed by atoms with Gasteiger partial charge in [-0.25, -0.2) is 0 Å². The molecule has 0 radical (unpaired) electrons. The Balaban J connectivity index is 1.83. The minimum atomic E-state index is 0.126. The van der Waals surface area contributed by atoms with Crippen LogP contribution in [0.15, 0.2) is 28.7 Å². The maximum atomic E-state index is 6.68. The molecule has 0 aliphatic carbocycles. The molecule has 3 nitrogen and oxygen atoms in total. The minimum absolute atomic E-state index is 0.126. The lowest BCUT2D eigenvalue weighted by molar-refractivity contribution is 0.0353. The molecule has 3 atom stereocenters. The smallest absolute Gasteiger partial charge is 0.0362 e. The zero-order valence-corrected chi connectivity index (χ0v) is 12.6. The van der Waals surface area contributed by atoms with Crippen molar-refractivity contribution < 1.29 is 0 Å². The normalized spacial score (nSPS) is 44.3. The highest BCUT2D eigenvalue weighted by Crippen LogP contribution is 2.42. The Morgan fingerprint density at radius 3 is 2.47 bits per heavy atom. The van der Waals surface area contributed by atoms with Crippen LogP contribution in [0, 0.1) is 5.92 Å². The second-order valence-electron chi connectivity index (χ2n) is 6.42. The number of halogens is 1. The molecule has 3 unspecified atom stereocenters. The predicted octanol–water partition coefficient (Wildman–Crippen LogP) is 1.28. The molecule has 1 aromatic rings. The third-order valence-corrected chi connectivity index (χ3v) is 5.77. The zero-order chi connectivity index (χ0) is 13.0. The maximum absolute atomic E-state index is 6.68. The van der Waals surface area contributed by atoms with Crippen molar-refractivity contribution in [2.24, 2.45) is 11.7 Å². The third-order valence-electron chi connectivity index (χ3n) is 5.27. The van der Waals surface area contributed by atoms with Crippen molar-refractivity contribution in [2.45, 2.75) is 11.5 Å². The monoisotopic (exact) mass is 321 g/mol. The first kappa shape index (κ1) is 12.3. The first-order valence-electron chi connectivity index (χ1n) is 7.14. The summed E-state index contributed by atoms with van der Waals surface area (Å²) < 4.78 is 1.16. The lowest BCUT2D eigenvalue weighted by Gasteiger charge is -2.54. The van der Waals surface area contributed by atoms with E-state index in [1.807, 2.05) is 0 Å². The van der Waals surface area contributed by atoms with Crippen molar-refractivity contribution in [1.82, 2.24) is 9.80 Å². The van der Waals surface area contributed by atoms with Gasteiger partial charge in [-0.15, -0.1) is 0 Å². The molecule has 4 bridgehead atoms. The number of hydrogen-bond acceptors (Lipinski definition) is 3. The van der Waals surface area contributed by atoms with Crippen molar-refractivity contribution in [3.63, 3.8) is 0 Å². The highest BCUT2D eigenvalue weighted by Gasteiger charge is 2.53. The number of fused-ring (bicyclic) bond motifs is 1. The predicted molar refractivity (Wildman–Crippen MR) is 80.2 cm³/mol. The van der Waals surface area contributed by atoms with Crippen molar-refractivity contribution in [1.29, 1.82) is 0 Å². The van der Waals surface area contributed by atoms with Crippen molar-refractivity contribution in [3.05, 3.63) is 34.3 Å². The largest absolute Gasteiger partial charge is 0.326 e. The summed E-state index contributed by atoms with van der Waals surface area (Å²) in [6.07, 6.45) is 0. The van der Waals surface area contributed by atoms with Crippen LogP contribution in [0.1, 0.15) is 5.56 Å². The van der Waals surface area contributed by atoms with Crippen LogP contribution in [0.2, 0.25) is 0 Å². The van der Waals surface area contributed by atoms with Crippen LogP contribution in [-0.4, -0.2) is 55.1 Å². The summed E-state index contributed by atoms with van der Waals surface area (Å²) in [7, 11) is 0. The minimum Gasteiger partial charge on any atom is -0.326 e. The quantitative estimate of drug-likeness (QED) is 0.845. The van der Waals surface area contributed by atoms with Crippen LogP contribution in [-0.2, 0) is 5.41 Å². The van der Waals surface area contributed by atoms with Crippen molar-refractivity contribution >= 4 is 15.9 Å². The van der Waals surface area contributed by atoms with E-state index >= 15 is 0 Å². The van der Waals surface area contributed by atoms with E-state index in [0.717, 1.165) is 17.6 Å². The van der Waals surface area contributed by atoms with E-state index in [1.165, 1.54) is 31.7 Å². The number of piperidine rings is 2. The van der Waals surface area contributed by atoms with Gasteiger partial charge in [0.15, 0.2) is 0 Å². The molecule has 4 aliphatic heterocycles. The Labute approximate surface area is 122 Å². The molecule has 2 N–H and O–H groups in total. The van der Waals surface area contributed by atoms with Crippen LogP contribution >= 0.6 is 15.9 Å². The lowest BCUT2D eigenvalue weighted by atomic mass is 9.65. The Hall–Kier alpha value is -0.420. The van der Waals surface area contributed by atoms with Gasteiger partial charge in [0.05, 0.1) is 0 Å². The molecule has 1 aromatic carbocycles. The van der Waals surface area contributed by atoms with Gasteiger partial charge in [0, 0.05) is 61.1 Å². The van der Waals surface area contributed by atoms with E-state index in [9.17, 15) is 0 Å². The van der Waals surface area contributed by atoms with Crippen LogP contribution in [0.3, 0.4) is 0 Å². The number of benzene rings is 1. The van der Waals surface area contributed by atoms with E-state index < -0.39 is 0 Å². The van der Waals surface area contributed by atoms with Gasteiger partial charge in [-0.1, -0.05) is 28.1 Å². The van der Waals surface area contributed by atoms with Crippen LogP contribution in [0.4, 0.5) is 0 Å². The maximum Gasteiger partial charge on any atom is 0.0362 e. The van der Waals surface area contributed by atoms with E-state index in [2.05, 4.69) is 50.0 Å². The van der Waals surface area contributed by atoms with E-state index in [1.54, 1.807) is 0 Å². The Morgan fingerprint density at radius 1 is 1.16 bits per heavy atom. The van der Waals surface area contributed by atoms with E-state index in [-0.39, 0.29) is 5.41 Å². The molecule has 19 heavy (non-hydrogen) atoms. The third kappa shape index (κ3) is 1.81. The summed E-state index contributed by atoms with van der Waals surface area (Å²) in [5.41, 5.74) is 8.22. The lowest BCUT2D eigenvalue weighted by Crippen LogP contribution is -2.69. The molecule has 0 saturated carbocycles. The van der Waals surface area contributed by atoms with Gasteiger partial charge < -0.3 is 15.5 Å². The van der Waals surface area contributed by atoms with Gasteiger partial charge in [0.2, 0.25) is 0 Å². The van der Waals surface area contributed by atoms with Gasteiger partial charge in [0.1, 0.15) is 0 Å². The highest BCUT2D eigenvalue weighted by atomic mass is 79.9. The fraction of sp³-hybridized carbons (Fsp3) is 0.600. The van der Waals surface area contributed by atoms with Gasteiger partial charge in [0.25, 0.3) is 0 Å². The molecule has 5 rings (SSSR count). The van der Waals surface area contributed by atoms with Gasteiger partial charge in [-0.2, -0.15) is 0 Å². The first-order chi connectivity index (χ1) is 9.17. The fourth-order valence-corrected chi connectivity index (χ4v) is 4.78. The molecule has 4 fully saturated rings. The summed E-state index contributed by atoms with van der Waals surface area (Å²) in [6.45, 7) is 7.04. The Kier molecular flexibility index (Phi) is 2.78. The molecule has 102 valence electrons. The summed E-state index contributed by atoms with van der Waals surface area (Å²) in [4.78, 5) is 5.25. The van der Waals surface area contributed by atoms with E-state index in [0.29, 0.717) is 12.0 Å². The molecule has 4 heterocycles. The molecule has 4 aliphatic rings. The summed E-state index contributed by atoms with van der Waals surface area (Å²) >= 11 is 3.61. The Bertz CT molecular complexity index is 488. The molecule has 4 saturated heterocycles. The average Bonchev–Trinajstić information content (AvgIpc) is 2.64. The zero-order valence-electron chi connectivity index (χ0n) is 11.1. The van der Waals surface area contributed by atoms with Crippen LogP contribution in [0.5, 0.6) is 0 Å². The van der Waals surface area contributed by atoms with Gasteiger partial charge in [-0.3, -0.25) is 0 Å². The molecule has 0 aromatic heterocycles.